The minimum atomic E-state index is -1.02. The van der Waals surface area contributed by atoms with Gasteiger partial charge in [0.1, 0.15) is 6.04 Å². The second-order valence-corrected chi connectivity index (χ2v) is 4.20. The number of rotatable bonds is 6. The van der Waals surface area contributed by atoms with Gasteiger partial charge in [0.05, 0.1) is 0 Å². The molecule has 0 bridgehead atoms. The number of carboxylic acids is 1. The Bertz CT molecular complexity index is 416. The molecule has 5 nitrogen and oxygen atoms in total. The predicted octanol–water partition coefficient (Wildman–Crippen LogP) is 1.73. The Morgan fingerprint density at radius 3 is 2.26 bits per heavy atom. The third-order valence-corrected chi connectivity index (χ3v) is 2.93. The molecule has 19 heavy (non-hydrogen) atoms. The van der Waals surface area contributed by atoms with Crippen LogP contribution in [0.2, 0.25) is 0 Å². The fourth-order valence-electron chi connectivity index (χ4n) is 1.80. The lowest BCUT2D eigenvalue weighted by atomic mass is 10.1. The monoisotopic (exact) mass is 264 g/mol. The smallest absolute Gasteiger partial charge is 0.326 e. The van der Waals surface area contributed by atoms with E-state index in [9.17, 15) is 14.7 Å². The van der Waals surface area contributed by atoms with Crippen molar-refractivity contribution in [3.63, 3.8) is 0 Å². The van der Waals surface area contributed by atoms with E-state index in [1.807, 2.05) is 44.2 Å². The number of hydrogen-bond acceptors (Lipinski definition) is 2. The van der Waals surface area contributed by atoms with Crippen LogP contribution in [0.3, 0.4) is 0 Å². The molecule has 1 unspecified atom stereocenters. The Balaban J connectivity index is 2.69. The molecule has 0 aliphatic heterocycles. The van der Waals surface area contributed by atoms with Gasteiger partial charge in [0.25, 0.3) is 0 Å². The third-order valence-electron chi connectivity index (χ3n) is 2.93. The first-order valence-electron chi connectivity index (χ1n) is 6.40. The van der Waals surface area contributed by atoms with Crippen LogP contribution in [0, 0.1) is 0 Å². The number of aliphatic carboxylic acids is 1. The number of carboxylic acid groups (broad SMARTS) is 1. The van der Waals surface area contributed by atoms with Gasteiger partial charge >= 0.3 is 12.0 Å². The normalized spacial score (nSPS) is 11.7. The first-order valence-corrected chi connectivity index (χ1v) is 6.40. The maximum absolute atomic E-state index is 11.9. The quantitative estimate of drug-likeness (QED) is 0.822. The summed E-state index contributed by atoms with van der Waals surface area (Å²) in [6, 6.07) is 8.01. The van der Waals surface area contributed by atoms with Crippen molar-refractivity contribution < 1.29 is 14.7 Å². The van der Waals surface area contributed by atoms with Gasteiger partial charge in [-0.15, -0.1) is 0 Å². The zero-order valence-corrected chi connectivity index (χ0v) is 11.3. The summed E-state index contributed by atoms with van der Waals surface area (Å²) < 4.78 is 0. The molecule has 5 heteroatoms. The molecule has 0 fully saturated rings. The summed E-state index contributed by atoms with van der Waals surface area (Å²) in [5.41, 5.74) is 0.884. The van der Waals surface area contributed by atoms with E-state index in [1.54, 1.807) is 4.90 Å². The highest BCUT2D eigenvalue weighted by molar-refractivity contribution is 5.82. The van der Waals surface area contributed by atoms with Gasteiger partial charge in [0.15, 0.2) is 0 Å². The Hall–Kier alpha value is -2.04. The first-order chi connectivity index (χ1) is 9.08. The van der Waals surface area contributed by atoms with E-state index in [4.69, 9.17) is 0 Å². The molecule has 0 aliphatic rings. The van der Waals surface area contributed by atoms with Gasteiger partial charge in [-0.25, -0.2) is 9.59 Å². The molecule has 1 aromatic carbocycles. The zero-order chi connectivity index (χ0) is 14.3. The van der Waals surface area contributed by atoms with Crippen LogP contribution >= 0.6 is 0 Å². The fourth-order valence-corrected chi connectivity index (χ4v) is 1.80. The second-order valence-electron chi connectivity index (χ2n) is 4.20. The van der Waals surface area contributed by atoms with Crippen molar-refractivity contribution in [3.05, 3.63) is 35.9 Å². The average Bonchev–Trinajstić information content (AvgIpc) is 2.40. The lowest BCUT2D eigenvalue weighted by Crippen LogP contribution is -2.48. The highest BCUT2D eigenvalue weighted by Gasteiger charge is 2.22. The van der Waals surface area contributed by atoms with Crippen LogP contribution in [-0.2, 0) is 11.2 Å². The van der Waals surface area contributed by atoms with Crippen LogP contribution in [0.15, 0.2) is 30.3 Å². The minimum Gasteiger partial charge on any atom is -0.480 e. The SMILES string of the molecule is CCN(CC)C(=O)NC(Cc1ccccc1)C(=O)O. The van der Waals surface area contributed by atoms with Crippen molar-refractivity contribution in [1.82, 2.24) is 10.2 Å². The van der Waals surface area contributed by atoms with Crippen LogP contribution in [0.4, 0.5) is 4.79 Å². The molecule has 0 saturated heterocycles. The van der Waals surface area contributed by atoms with Gasteiger partial charge in [-0.1, -0.05) is 30.3 Å². The van der Waals surface area contributed by atoms with Gasteiger partial charge < -0.3 is 15.3 Å². The van der Waals surface area contributed by atoms with E-state index in [2.05, 4.69) is 5.32 Å². The molecule has 1 atom stereocenters. The molecule has 0 spiro atoms. The van der Waals surface area contributed by atoms with Crippen LogP contribution < -0.4 is 5.32 Å². The lowest BCUT2D eigenvalue weighted by molar-refractivity contribution is -0.139. The molecule has 0 heterocycles. The number of nitrogens with zero attached hydrogens (tertiary/aromatic N) is 1. The van der Waals surface area contributed by atoms with Crippen molar-refractivity contribution in [3.8, 4) is 0 Å². The number of nitrogens with one attached hydrogen (secondary N) is 1. The van der Waals surface area contributed by atoms with Crippen molar-refractivity contribution >= 4 is 12.0 Å². The average molecular weight is 264 g/mol. The Morgan fingerprint density at radius 2 is 1.79 bits per heavy atom. The number of carbonyl (C=O) groups excluding carboxylic acids is 1. The van der Waals surface area contributed by atoms with E-state index >= 15 is 0 Å². The highest BCUT2D eigenvalue weighted by atomic mass is 16.4. The topological polar surface area (TPSA) is 69.6 Å². The van der Waals surface area contributed by atoms with Gasteiger partial charge in [0, 0.05) is 19.5 Å². The number of urea groups is 1. The first kappa shape index (κ1) is 15.0. The number of amides is 2. The van der Waals surface area contributed by atoms with Crippen molar-refractivity contribution in [2.24, 2.45) is 0 Å². The third kappa shape index (κ3) is 4.62. The van der Waals surface area contributed by atoms with Crippen LogP contribution in [-0.4, -0.2) is 41.1 Å². The number of carbonyl (C=O) groups is 2. The van der Waals surface area contributed by atoms with Crippen molar-refractivity contribution in [2.45, 2.75) is 26.3 Å². The van der Waals surface area contributed by atoms with Crippen LogP contribution in [0.5, 0.6) is 0 Å². The summed E-state index contributed by atoms with van der Waals surface area (Å²) in [5, 5.41) is 11.7. The van der Waals surface area contributed by atoms with E-state index in [-0.39, 0.29) is 12.5 Å². The summed E-state index contributed by atoms with van der Waals surface area (Å²) in [7, 11) is 0. The molecule has 1 rings (SSSR count). The van der Waals surface area contributed by atoms with Gasteiger partial charge in [-0.05, 0) is 19.4 Å². The zero-order valence-electron chi connectivity index (χ0n) is 11.3. The van der Waals surface area contributed by atoms with Gasteiger partial charge in [-0.2, -0.15) is 0 Å². The largest absolute Gasteiger partial charge is 0.480 e. The standard InChI is InChI=1S/C14H20N2O3/c1-3-16(4-2)14(19)15-12(13(17)18)10-11-8-6-5-7-9-11/h5-9,12H,3-4,10H2,1-2H3,(H,15,19)(H,17,18). The molecule has 2 N–H and O–H groups in total. The molecule has 0 aromatic heterocycles. The second kappa shape index (κ2) is 7.41. The highest BCUT2D eigenvalue weighted by Crippen LogP contribution is 2.04. The van der Waals surface area contributed by atoms with E-state index in [1.165, 1.54) is 0 Å². The summed E-state index contributed by atoms with van der Waals surface area (Å²) in [5.74, 6) is -1.02. The Morgan fingerprint density at radius 1 is 1.21 bits per heavy atom. The molecule has 2 amide bonds. The van der Waals surface area contributed by atoms with Crippen molar-refractivity contribution in [1.29, 1.82) is 0 Å². The maximum Gasteiger partial charge on any atom is 0.326 e. The number of hydrogen-bond donors (Lipinski definition) is 2. The molecule has 0 saturated carbocycles. The molecule has 0 radical (unpaired) electrons. The summed E-state index contributed by atoms with van der Waals surface area (Å²) in [6.45, 7) is 4.83. The van der Waals surface area contributed by atoms with E-state index < -0.39 is 12.0 Å². The fraction of sp³-hybridized carbons (Fsp3) is 0.429. The van der Waals surface area contributed by atoms with Gasteiger partial charge in [0.2, 0.25) is 0 Å². The molecule has 104 valence electrons. The molecular weight excluding hydrogens is 244 g/mol. The summed E-state index contributed by atoms with van der Waals surface area (Å²) in [6.07, 6.45) is 0.281. The molecule has 0 aliphatic carbocycles. The predicted molar refractivity (Wildman–Crippen MR) is 73.0 cm³/mol. The minimum absolute atomic E-state index is 0.281. The Labute approximate surface area is 113 Å². The number of benzene rings is 1. The Kier molecular flexibility index (Phi) is 5.85. The molecular formula is C14H20N2O3. The summed E-state index contributed by atoms with van der Waals surface area (Å²) >= 11 is 0. The maximum atomic E-state index is 11.9. The van der Waals surface area contributed by atoms with Gasteiger partial charge in [-0.3, -0.25) is 0 Å². The van der Waals surface area contributed by atoms with E-state index in [0.717, 1.165) is 5.56 Å². The van der Waals surface area contributed by atoms with Crippen LogP contribution in [0.1, 0.15) is 19.4 Å². The van der Waals surface area contributed by atoms with Crippen molar-refractivity contribution in [2.75, 3.05) is 13.1 Å². The van der Waals surface area contributed by atoms with E-state index in [0.29, 0.717) is 13.1 Å². The van der Waals surface area contributed by atoms with Crippen LogP contribution in [0.25, 0.3) is 0 Å². The lowest BCUT2D eigenvalue weighted by Gasteiger charge is -2.22. The summed E-state index contributed by atoms with van der Waals surface area (Å²) in [4.78, 5) is 24.6. The molecule has 1 aromatic rings.